The van der Waals surface area contributed by atoms with E-state index < -0.39 is 54.4 Å². The van der Waals surface area contributed by atoms with E-state index in [1.807, 2.05) is 6.92 Å². The fraction of sp³-hybridized carbons (Fsp3) is 0.241. The first kappa shape index (κ1) is 27.9. The number of amides is 1. The molecule has 0 aliphatic rings. The van der Waals surface area contributed by atoms with E-state index in [4.69, 9.17) is 4.42 Å². The predicted molar refractivity (Wildman–Crippen MR) is 135 cm³/mol. The molecule has 0 saturated heterocycles. The van der Waals surface area contributed by atoms with Crippen LogP contribution in [0.15, 0.2) is 75.9 Å². The highest BCUT2D eigenvalue weighted by Crippen LogP contribution is 2.34. The van der Waals surface area contributed by atoms with Crippen LogP contribution in [0.3, 0.4) is 0 Å². The molecule has 4 aromatic rings. The number of alkyl halides is 6. The number of carbonyl (C=O) groups is 1. The molecular weight excluding hydrogens is 524 g/mol. The van der Waals surface area contributed by atoms with Crippen molar-refractivity contribution in [1.29, 1.82) is 0 Å². The number of hydrogen-bond acceptors (Lipinski definition) is 3. The maximum atomic E-state index is 14.1. The molecule has 0 fully saturated rings. The van der Waals surface area contributed by atoms with Crippen LogP contribution < -0.4 is 5.63 Å². The normalized spacial score (nSPS) is 13.2. The molecule has 10 heteroatoms. The van der Waals surface area contributed by atoms with E-state index in [1.54, 1.807) is 48.5 Å². The number of fused-ring (bicyclic) bond motifs is 1. The molecule has 2 atom stereocenters. The Balaban J connectivity index is 1.80. The van der Waals surface area contributed by atoms with Gasteiger partial charge >= 0.3 is 5.63 Å². The van der Waals surface area contributed by atoms with Gasteiger partial charge in [-0.2, -0.15) is 0 Å². The van der Waals surface area contributed by atoms with Crippen LogP contribution in [0.5, 0.6) is 0 Å². The molecule has 0 aliphatic heterocycles. The second kappa shape index (κ2) is 11.3. The van der Waals surface area contributed by atoms with E-state index in [-0.39, 0.29) is 16.7 Å². The van der Waals surface area contributed by atoms with Crippen LogP contribution in [-0.2, 0) is 6.54 Å². The first-order valence-electron chi connectivity index (χ1n) is 11.8. The minimum absolute atomic E-state index is 0.0646. The van der Waals surface area contributed by atoms with Crippen molar-refractivity contribution in [2.45, 2.75) is 38.7 Å². The van der Waals surface area contributed by atoms with Crippen LogP contribution in [0.1, 0.15) is 45.2 Å². The molecule has 1 aromatic heterocycles. The van der Waals surface area contributed by atoms with Gasteiger partial charge in [0.05, 0.1) is 5.39 Å². The lowest BCUT2D eigenvalue weighted by Crippen LogP contribution is -2.28. The Morgan fingerprint density at radius 3 is 1.97 bits per heavy atom. The largest absolute Gasteiger partial charge is 0.416 e. The van der Waals surface area contributed by atoms with Crippen molar-refractivity contribution in [2.24, 2.45) is 0 Å². The first-order valence-corrected chi connectivity index (χ1v) is 11.8. The fourth-order valence-corrected chi connectivity index (χ4v) is 4.37. The first-order chi connectivity index (χ1) is 18.5. The highest BCUT2D eigenvalue weighted by Gasteiger charge is 2.28. The van der Waals surface area contributed by atoms with Gasteiger partial charge in [-0.3, -0.25) is 4.79 Å². The maximum Gasteiger partial charge on any atom is 0.344 e. The second-order valence-electron chi connectivity index (χ2n) is 9.15. The van der Waals surface area contributed by atoms with Crippen LogP contribution in [0, 0.1) is 6.92 Å². The summed E-state index contributed by atoms with van der Waals surface area (Å²) >= 11 is 0. The summed E-state index contributed by atoms with van der Waals surface area (Å²) in [6.45, 7) is 1.41. The summed E-state index contributed by atoms with van der Waals surface area (Å²) < 4.78 is 85.8. The SMILES string of the molecule is Cc1ccc2c(=O)oc(C(=O)N(C)Cc3cc(C(F)C(F)F)cc(C(F)C(F)F)c3)c(-c3ccccc3)c2c1. The molecule has 39 heavy (non-hydrogen) atoms. The maximum absolute atomic E-state index is 14.1. The molecular formula is C29H23F6NO3. The third-order valence-electron chi connectivity index (χ3n) is 6.23. The lowest BCUT2D eigenvalue weighted by molar-refractivity contribution is 0.0459. The van der Waals surface area contributed by atoms with Crippen LogP contribution in [0.4, 0.5) is 26.3 Å². The van der Waals surface area contributed by atoms with Gasteiger partial charge in [-0.15, -0.1) is 0 Å². The monoisotopic (exact) mass is 547 g/mol. The highest BCUT2D eigenvalue weighted by atomic mass is 19.3. The summed E-state index contributed by atoms with van der Waals surface area (Å²) in [6, 6.07) is 16.3. The number of hydrogen-bond donors (Lipinski definition) is 0. The van der Waals surface area contributed by atoms with Gasteiger partial charge in [0.25, 0.3) is 18.8 Å². The van der Waals surface area contributed by atoms with E-state index in [9.17, 15) is 35.9 Å². The third kappa shape index (κ3) is 5.84. The van der Waals surface area contributed by atoms with Gasteiger partial charge < -0.3 is 9.32 Å². The number of benzene rings is 3. The highest BCUT2D eigenvalue weighted by molar-refractivity contribution is 6.07. The Kier molecular flexibility index (Phi) is 8.13. The molecule has 0 saturated carbocycles. The number of halogens is 6. The number of aryl methyl sites for hydroxylation is 1. The molecule has 1 amide bonds. The number of nitrogens with zero attached hydrogens (tertiary/aromatic N) is 1. The topological polar surface area (TPSA) is 50.5 Å². The summed E-state index contributed by atoms with van der Waals surface area (Å²) in [4.78, 5) is 27.4. The Labute approximate surface area is 219 Å². The molecule has 2 unspecified atom stereocenters. The van der Waals surface area contributed by atoms with Gasteiger partial charge in [0, 0.05) is 24.5 Å². The van der Waals surface area contributed by atoms with Gasteiger partial charge in [0.2, 0.25) is 5.76 Å². The number of rotatable bonds is 8. The smallest absolute Gasteiger partial charge is 0.344 e. The molecule has 0 bridgehead atoms. The Morgan fingerprint density at radius 2 is 1.41 bits per heavy atom. The molecule has 0 spiro atoms. The van der Waals surface area contributed by atoms with Crippen molar-refractivity contribution in [1.82, 2.24) is 4.90 Å². The summed E-state index contributed by atoms with van der Waals surface area (Å²) in [6.07, 6.45) is -12.6. The molecule has 1 heterocycles. The minimum atomic E-state index is -3.47. The number of carbonyl (C=O) groups excluding carboxylic acids is 1. The molecule has 4 nitrogen and oxygen atoms in total. The van der Waals surface area contributed by atoms with Crippen LogP contribution >= 0.6 is 0 Å². The zero-order valence-corrected chi connectivity index (χ0v) is 20.8. The summed E-state index contributed by atoms with van der Waals surface area (Å²) in [5, 5.41) is 0.714. The van der Waals surface area contributed by atoms with Crippen LogP contribution in [-0.4, -0.2) is 30.7 Å². The van der Waals surface area contributed by atoms with E-state index in [2.05, 4.69) is 0 Å². The van der Waals surface area contributed by atoms with Crippen LogP contribution in [0.25, 0.3) is 21.9 Å². The summed E-state index contributed by atoms with van der Waals surface area (Å²) in [7, 11) is 1.30. The van der Waals surface area contributed by atoms with Crippen molar-refractivity contribution in [3.8, 4) is 11.1 Å². The molecule has 3 aromatic carbocycles. The average Bonchev–Trinajstić information content (AvgIpc) is 2.91. The van der Waals surface area contributed by atoms with Crippen molar-refractivity contribution in [3.63, 3.8) is 0 Å². The summed E-state index contributed by atoms with van der Waals surface area (Å²) in [5.41, 5.74) is -0.486. The lowest BCUT2D eigenvalue weighted by Gasteiger charge is -2.21. The lowest BCUT2D eigenvalue weighted by atomic mass is 9.96. The average molecular weight is 547 g/mol. The van der Waals surface area contributed by atoms with Crippen molar-refractivity contribution in [3.05, 3.63) is 105 Å². The Morgan fingerprint density at radius 1 is 0.821 bits per heavy atom. The molecule has 0 aliphatic carbocycles. The molecule has 4 rings (SSSR count). The fourth-order valence-electron chi connectivity index (χ4n) is 4.37. The second-order valence-corrected chi connectivity index (χ2v) is 9.15. The quantitative estimate of drug-likeness (QED) is 0.214. The zero-order chi connectivity index (χ0) is 28.4. The third-order valence-corrected chi connectivity index (χ3v) is 6.23. The van der Waals surface area contributed by atoms with Crippen molar-refractivity contribution >= 4 is 16.7 Å². The van der Waals surface area contributed by atoms with Gasteiger partial charge in [-0.05, 0) is 41.3 Å². The standard InChI is InChI=1S/C29H23F6NO3/c1-15-8-9-20-21(10-15)22(17-6-4-3-5-7-17)25(39-29(20)38)28(37)36(2)14-16-11-18(23(30)26(32)33)13-19(12-16)24(31)27(34)35/h3-13,23-24,26-27H,14H2,1-2H3. The Hall–Kier alpha value is -4.08. The summed E-state index contributed by atoms with van der Waals surface area (Å²) in [5.74, 6) is -1.10. The van der Waals surface area contributed by atoms with E-state index in [1.165, 1.54) is 7.05 Å². The van der Waals surface area contributed by atoms with Crippen LogP contribution in [0.2, 0.25) is 0 Å². The van der Waals surface area contributed by atoms with E-state index in [0.717, 1.165) is 22.6 Å². The van der Waals surface area contributed by atoms with Crippen molar-refractivity contribution < 1.29 is 35.6 Å². The van der Waals surface area contributed by atoms with Crippen molar-refractivity contribution in [2.75, 3.05) is 7.05 Å². The van der Waals surface area contributed by atoms with E-state index in [0.29, 0.717) is 22.6 Å². The minimum Gasteiger partial charge on any atom is -0.416 e. The molecule has 0 radical (unpaired) electrons. The van der Waals surface area contributed by atoms with E-state index >= 15 is 0 Å². The molecule has 204 valence electrons. The van der Waals surface area contributed by atoms with Gasteiger partial charge in [-0.25, -0.2) is 31.1 Å². The van der Waals surface area contributed by atoms with Gasteiger partial charge in [0.1, 0.15) is 0 Å². The predicted octanol–water partition coefficient (Wildman–Crippen LogP) is 7.59. The van der Waals surface area contributed by atoms with Gasteiger partial charge in [-0.1, -0.05) is 60.2 Å². The Bertz CT molecular complexity index is 1520. The van der Waals surface area contributed by atoms with Gasteiger partial charge in [0.15, 0.2) is 12.3 Å². The zero-order valence-electron chi connectivity index (χ0n) is 20.8. The molecule has 0 N–H and O–H groups in total.